The van der Waals surface area contributed by atoms with Crippen molar-refractivity contribution in [2.24, 2.45) is 0 Å². The Hall–Kier alpha value is -2.32. The highest BCUT2D eigenvalue weighted by Gasteiger charge is 2.31. The lowest BCUT2D eigenvalue weighted by molar-refractivity contribution is -0.385. The van der Waals surface area contributed by atoms with Gasteiger partial charge in [-0.15, -0.1) is 0 Å². The van der Waals surface area contributed by atoms with Crippen LogP contribution in [0.3, 0.4) is 0 Å². The van der Waals surface area contributed by atoms with E-state index in [-0.39, 0.29) is 0 Å². The van der Waals surface area contributed by atoms with Gasteiger partial charge in [-0.25, -0.2) is 18.6 Å². The van der Waals surface area contributed by atoms with Crippen molar-refractivity contribution >= 4 is 11.7 Å². The molecule has 1 heterocycles. The lowest BCUT2D eigenvalue weighted by atomic mass is 10.1. The molecule has 0 fully saturated rings. The summed E-state index contributed by atoms with van der Waals surface area (Å²) in [4.78, 5) is 23.7. The summed E-state index contributed by atoms with van der Waals surface area (Å²) in [6.07, 6.45) is -2.70. The summed E-state index contributed by atoms with van der Waals surface area (Å²) in [5, 5.41) is 19.9. The van der Waals surface area contributed by atoms with E-state index in [0.717, 1.165) is 7.11 Å². The van der Waals surface area contributed by atoms with Gasteiger partial charge in [0.15, 0.2) is 11.3 Å². The number of pyridine rings is 1. The van der Waals surface area contributed by atoms with Crippen molar-refractivity contribution in [3.8, 4) is 5.75 Å². The number of aromatic hydroxyl groups is 1. The third-order valence-corrected chi connectivity index (χ3v) is 1.85. The lowest BCUT2D eigenvalue weighted by Crippen LogP contribution is -2.09. The molecule has 17 heavy (non-hydrogen) atoms. The highest BCUT2D eigenvalue weighted by atomic mass is 19.3. The molecule has 0 aliphatic rings. The van der Waals surface area contributed by atoms with Gasteiger partial charge in [-0.2, -0.15) is 0 Å². The molecule has 9 heteroatoms. The Kier molecular flexibility index (Phi) is 3.51. The van der Waals surface area contributed by atoms with Gasteiger partial charge < -0.3 is 9.84 Å². The zero-order valence-electron chi connectivity index (χ0n) is 8.39. The number of carbonyl (C=O) groups excluding carboxylic acids is 1. The van der Waals surface area contributed by atoms with E-state index in [1.807, 2.05) is 0 Å². The Morgan fingerprint density at radius 3 is 2.65 bits per heavy atom. The minimum absolute atomic E-state index is 0.466. The average Bonchev–Trinajstić information content (AvgIpc) is 2.26. The van der Waals surface area contributed by atoms with Gasteiger partial charge in [-0.05, 0) is 0 Å². The molecular weight excluding hydrogens is 242 g/mol. The average molecular weight is 248 g/mol. The largest absolute Gasteiger partial charge is 0.505 e. The number of hydrogen-bond donors (Lipinski definition) is 1. The SMILES string of the molecule is COC(=O)c1c([N+](=O)[O-])cnc(C(F)F)c1O. The number of ether oxygens (including phenoxy) is 1. The van der Waals surface area contributed by atoms with E-state index in [0.29, 0.717) is 6.20 Å². The number of aromatic nitrogens is 1. The third-order valence-electron chi connectivity index (χ3n) is 1.85. The molecule has 0 aromatic carbocycles. The Morgan fingerprint density at radius 2 is 2.24 bits per heavy atom. The number of carbonyl (C=O) groups is 1. The van der Waals surface area contributed by atoms with Crippen LogP contribution in [0.2, 0.25) is 0 Å². The molecular formula is C8H6F2N2O5. The standard InChI is InChI=1S/C8H6F2N2O5/c1-17-8(14)4-3(12(15)16)2-11-5(6(4)13)7(9)10/h2,7,13H,1H3. The number of esters is 1. The first-order chi connectivity index (χ1) is 7.90. The van der Waals surface area contributed by atoms with E-state index in [1.54, 1.807) is 0 Å². The number of methoxy groups -OCH3 is 1. The van der Waals surface area contributed by atoms with Crippen LogP contribution in [-0.4, -0.2) is 28.1 Å². The van der Waals surface area contributed by atoms with Gasteiger partial charge in [0.25, 0.3) is 6.43 Å². The number of halogens is 2. The molecule has 0 aliphatic carbocycles. The van der Waals surface area contributed by atoms with Gasteiger partial charge in [0.05, 0.1) is 12.0 Å². The van der Waals surface area contributed by atoms with Crippen molar-refractivity contribution in [2.45, 2.75) is 6.43 Å². The van der Waals surface area contributed by atoms with Crippen LogP contribution in [0.5, 0.6) is 5.75 Å². The second-order valence-corrected chi connectivity index (χ2v) is 2.80. The predicted molar refractivity (Wildman–Crippen MR) is 48.9 cm³/mol. The van der Waals surface area contributed by atoms with E-state index >= 15 is 0 Å². The quantitative estimate of drug-likeness (QED) is 0.493. The molecule has 0 spiro atoms. The van der Waals surface area contributed by atoms with Crippen molar-refractivity contribution in [1.29, 1.82) is 0 Å². The maximum atomic E-state index is 12.4. The van der Waals surface area contributed by atoms with Gasteiger partial charge in [-0.3, -0.25) is 10.1 Å². The Labute approximate surface area is 92.8 Å². The summed E-state index contributed by atoms with van der Waals surface area (Å²) in [6, 6.07) is 0. The highest BCUT2D eigenvalue weighted by molar-refractivity contribution is 5.96. The molecule has 0 saturated heterocycles. The van der Waals surface area contributed by atoms with Crippen molar-refractivity contribution < 1.29 is 28.3 Å². The number of hydrogen-bond acceptors (Lipinski definition) is 6. The van der Waals surface area contributed by atoms with Gasteiger partial charge in [-0.1, -0.05) is 0 Å². The number of rotatable bonds is 3. The summed E-state index contributed by atoms with van der Waals surface area (Å²) in [5.41, 5.74) is -2.96. The topological polar surface area (TPSA) is 103 Å². The summed E-state index contributed by atoms with van der Waals surface area (Å²) in [6.45, 7) is 0. The maximum absolute atomic E-state index is 12.4. The van der Waals surface area contributed by atoms with E-state index in [4.69, 9.17) is 0 Å². The molecule has 0 aliphatic heterocycles. The van der Waals surface area contributed by atoms with Crippen LogP contribution >= 0.6 is 0 Å². The summed E-state index contributed by atoms with van der Waals surface area (Å²) < 4.78 is 28.9. The fraction of sp³-hybridized carbons (Fsp3) is 0.250. The fourth-order valence-electron chi connectivity index (χ4n) is 1.11. The van der Waals surface area contributed by atoms with Crippen molar-refractivity contribution in [3.05, 3.63) is 27.6 Å². The minimum atomic E-state index is -3.17. The van der Waals surface area contributed by atoms with Crippen molar-refractivity contribution in [2.75, 3.05) is 7.11 Å². The fourth-order valence-corrected chi connectivity index (χ4v) is 1.11. The first-order valence-electron chi connectivity index (χ1n) is 4.12. The molecule has 0 amide bonds. The van der Waals surface area contributed by atoms with Gasteiger partial charge in [0.2, 0.25) is 0 Å². The molecule has 0 saturated carbocycles. The van der Waals surface area contributed by atoms with E-state index in [2.05, 4.69) is 9.72 Å². The normalized spacial score (nSPS) is 10.4. The number of nitro groups is 1. The molecule has 7 nitrogen and oxygen atoms in total. The Balaban J connectivity index is 3.53. The Morgan fingerprint density at radius 1 is 1.65 bits per heavy atom. The lowest BCUT2D eigenvalue weighted by Gasteiger charge is -2.07. The molecule has 92 valence electrons. The zero-order chi connectivity index (χ0) is 13.2. The van der Waals surface area contributed by atoms with E-state index in [9.17, 15) is 28.8 Å². The first-order valence-corrected chi connectivity index (χ1v) is 4.12. The molecule has 0 unspecified atom stereocenters. The second-order valence-electron chi connectivity index (χ2n) is 2.80. The highest BCUT2D eigenvalue weighted by Crippen LogP contribution is 2.34. The summed E-state index contributed by atoms with van der Waals surface area (Å²) in [5.74, 6) is -2.54. The Bertz CT molecular complexity index is 477. The van der Waals surface area contributed by atoms with Crippen molar-refractivity contribution in [1.82, 2.24) is 4.98 Å². The summed E-state index contributed by atoms with van der Waals surface area (Å²) >= 11 is 0. The summed E-state index contributed by atoms with van der Waals surface area (Å²) in [7, 11) is 0.897. The van der Waals surface area contributed by atoms with E-state index < -0.39 is 40.0 Å². The van der Waals surface area contributed by atoms with Crippen LogP contribution in [0.15, 0.2) is 6.20 Å². The number of nitrogens with zero attached hydrogens (tertiary/aromatic N) is 2. The molecule has 1 N–H and O–H groups in total. The van der Waals surface area contributed by atoms with Gasteiger partial charge >= 0.3 is 11.7 Å². The minimum Gasteiger partial charge on any atom is -0.505 e. The van der Waals surface area contributed by atoms with Crippen LogP contribution in [-0.2, 0) is 4.74 Å². The van der Waals surface area contributed by atoms with Gasteiger partial charge in [0.1, 0.15) is 11.9 Å². The maximum Gasteiger partial charge on any atom is 0.348 e. The van der Waals surface area contributed by atoms with E-state index in [1.165, 1.54) is 0 Å². The van der Waals surface area contributed by atoms with Crippen LogP contribution in [0.4, 0.5) is 14.5 Å². The molecule has 1 rings (SSSR count). The molecule has 0 radical (unpaired) electrons. The van der Waals surface area contributed by atoms with Crippen LogP contribution in [0, 0.1) is 10.1 Å². The molecule has 0 atom stereocenters. The molecule has 1 aromatic rings. The smallest absolute Gasteiger partial charge is 0.348 e. The predicted octanol–water partition coefficient (Wildman–Crippen LogP) is 1.42. The number of alkyl halides is 2. The van der Waals surface area contributed by atoms with Gasteiger partial charge in [0, 0.05) is 0 Å². The monoisotopic (exact) mass is 248 g/mol. The second kappa shape index (κ2) is 4.68. The first kappa shape index (κ1) is 12.7. The third kappa shape index (κ3) is 2.27. The van der Waals surface area contributed by atoms with Crippen LogP contribution in [0.1, 0.15) is 22.5 Å². The van der Waals surface area contributed by atoms with Crippen LogP contribution < -0.4 is 0 Å². The van der Waals surface area contributed by atoms with Crippen LogP contribution in [0.25, 0.3) is 0 Å². The molecule has 0 bridgehead atoms. The zero-order valence-corrected chi connectivity index (χ0v) is 8.39. The van der Waals surface area contributed by atoms with Crippen molar-refractivity contribution in [3.63, 3.8) is 0 Å². The molecule has 1 aromatic heterocycles.